The minimum atomic E-state index is -4.76. The van der Waals surface area contributed by atoms with E-state index in [-0.39, 0.29) is 28.6 Å². The number of hydrogen-bond acceptors (Lipinski definition) is 7. The lowest BCUT2D eigenvalue weighted by molar-refractivity contribution is -0.251. The minimum absolute atomic E-state index is 0.367. The molecule has 0 saturated carbocycles. The van der Waals surface area contributed by atoms with E-state index in [1.165, 1.54) is 39.8 Å². The summed E-state index contributed by atoms with van der Waals surface area (Å²) in [4.78, 5) is 25.5. The minimum Gasteiger partial charge on any atom is -0.422 e. The van der Waals surface area contributed by atoms with E-state index in [2.05, 4.69) is 0 Å². The summed E-state index contributed by atoms with van der Waals surface area (Å²) in [7, 11) is 0. The molecule has 10 heteroatoms. The van der Waals surface area contributed by atoms with Crippen molar-refractivity contribution in [3.8, 4) is 0 Å². The van der Waals surface area contributed by atoms with Gasteiger partial charge in [-0.1, -0.05) is 18.2 Å². The van der Waals surface area contributed by atoms with Crippen molar-refractivity contribution in [3.63, 3.8) is 0 Å². The first-order valence-electron chi connectivity index (χ1n) is 8.96. The molecule has 0 radical (unpaired) electrons. The normalized spacial score (nSPS) is 22.8. The molecule has 0 bridgehead atoms. The molecule has 3 aliphatic heterocycles. The molecule has 30 heavy (non-hydrogen) atoms. The van der Waals surface area contributed by atoms with Gasteiger partial charge in [-0.3, -0.25) is 0 Å². The summed E-state index contributed by atoms with van der Waals surface area (Å²) in [6, 6.07) is 4.57. The molecule has 0 spiro atoms. The Bertz CT molecular complexity index is 965. The monoisotopic (exact) mass is 426 g/mol. The van der Waals surface area contributed by atoms with Crippen LogP contribution in [0.4, 0.5) is 13.2 Å². The molecule has 0 aliphatic carbocycles. The van der Waals surface area contributed by atoms with Crippen molar-refractivity contribution in [2.24, 2.45) is 0 Å². The second-order valence-electron chi connectivity index (χ2n) is 7.81. The largest absolute Gasteiger partial charge is 0.422 e. The fourth-order valence-corrected chi connectivity index (χ4v) is 3.49. The number of rotatable bonds is 1. The van der Waals surface area contributed by atoms with Crippen LogP contribution in [0, 0.1) is 0 Å². The van der Waals surface area contributed by atoms with E-state index in [1.807, 2.05) is 0 Å². The lowest BCUT2D eigenvalue weighted by Gasteiger charge is -2.41. The number of cyclic esters (lactones) is 2. The van der Waals surface area contributed by atoms with E-state index in [0.29, 0.717) is 0 Å². The summed E-state index contributed by atoms with van der Waals surface area (Å²) in [5.74, 6) is -7.14. The molecule has 0 saturated heterocycles. The molecule has 1 aromatic rings. The molecule has 0 unspecified atom stereocenters. The zero-order valence-corrected chi connectivity index (χ0v) is 16.4. The van der Waals surface area contributed by atoms with Crippen LogP contribution in [0.15, 0.2) is 47.3 Å². The van der Waals surface area contributed by atoms with E-state index < -0.39 is 41.2 Å². The van der Waals surface area contributed by atoms with Gasteiger partial charge in [-0.05, 0) is 11.6 Å². The SMILES string of the molecule is CC1(C)OC(=O)C2=C(OC3=C(C(=O)OC(C)(C)O3)C2c2ccccc2C(F)(F)F)O1. The van der Waals surface area contributed by atoms with Crippen LogP contribution < -0.4 is 0 Å². The third-order valence-electron chi connectivity index (χ3n) is 4.57. The maximum atomic E-state index is 13.7. The Morgan fingerprint density at radius 3 is 1.73 bits per heavy atom. The summed E-state index contributed by atoms with van der Waals surface area (Å²) in [6.07, 6.45) is -4.76. The molecule has 4 rings (SSSR count). The third-order valence-corrected chi connectivity index (χ3v) is 4.57. The van der Waals surface area contributed by atoms with Gasteiger partial charge in [-0.15, -0.1) is 0 Å². The van der Waals surface area contributed by atoms with Gasteiger partial charge in [0.2, 0.25) is 0 Å². The predicted octanol–water partition coefficient (Wildman–Crippen LogP) is 3.86. The third kappa shape index (κ3) is 3.25. The average molecular weight is 426 g/mol. The van der Waals surface area contributed by atoms with E-state index in [0.717, 1.165) is 12.1 Å². The van der Waals surface area contributed by atoms with Crippen LogP contribution in [0.3, 0.4) is 0 Å². The van der Waals surface area contributed by atoms with Crippen molar-refractivity contribution in [2.45, 2.75) is 51.4 Å². The van der Waals surface area contributed by atoms with Crippen LogP contribution in [-0.4, -0.2) is 23.5 Å². The van der Waals surface area contributed by atoms with Gasteiger partial charge in [0.15, 0.2) is 0 Å². The summed E-state index contributed by atoms with van der Waals surface area (Å²) in [5, 5.41) is 0. The first kappa shape index (κ1) is 20.1. The molecule has 0 fully saturated rings. The van der Waals surface area contributed by atoms with Gasteiger partial charge < -0.3 is 23.7 Å². The van der Waals surface area contributed by atoms with Crippen LogP contribution in [0.1, 0.15) is 44.7 Å². The zero-order valence-electron chi connectivity index (χ0n) is 16.4. The second-order valence-corrected chi connectivity index (χ2v) is 7.81. The molecule has 1 aromatic carbocycles. The second kappa shape index (κ2) is 6.16. The maximum absolute atomic E-state index is 13.7. The lowest BCUT2D eigenvalue weighted by Crippen LogP contribution is -2.45. The van der Waals surface area contributed by atoms with Crippen LogP contribution >= 0.6 is 0 Å². The first-order valence-corrected chi connectivity index (χ1v) is 8.96. The Morgan fingerprint density at radius 1 is 0.800 bits per heavy atom. The maximum Gasteiger partial charge on any atom is 0.416 e. The molecular formula is C20H17F3O7. The molecule has 3 heterocycles. The van der Waals surface area contributed by atoms with Gasteiger partial charge in [0.25, 0.3) is 11.6 Å². The van der Waals surface area contributed by atoms with Gasteiger partial charge in [-0.25, -0.2) is 9.59 Å². The fourth-order valence-electron chi connectivity index (χ4n) is 3.49. The van der Waals surface area contributed by atoms with Gasteiger partial charge >= 0.3 is 30.0 Å². The zero-order chi connectivity index (χ0) is 22.1. The van der Waals surface area contributed by atoms with Gasteiger partial charge in [0.1, 0.15) is 11.1 Å². The number of carbonyl (C=O) groups is 2. The van der Waals surface area contributed by atoms with E-state index in [9.17, 15) is 22.8 Å². The Labute approximate surface area is 169 Å². The highest BCUT2D eigenvalue weighted by Crippen LogP contribution is 2.50. The molecule has 0 N–H and O–H groups in total. The number of esters is 2. The van der Waals surface area contributed by atoms with Crippen molar-refractivity contribution in [3.05, 3.63) is 58.4 Å². The summed E-state index contributed by atoms with van der Waals surface area (Å²) in [5.41, 5.74) is -2.17. The molecule has 0 aromatic heterocycles. The van der Waals surface area contributed by atoms with Crippen LogP contribution in [-0.2, 0) is 39.4 Å². The quantitative estimate of drug-likeness (QED) is 0.631. The van der Waals surface area contributed by atoms with Gasteiger partial charge in [-0.2, -0.15) is 13.2 Å². The fraction of sp³-hybridized carbons (Fsp3) is 0.400. The number of hydrogen-bond donors (Lipinski definition) is 0. The summed E-state index contributed by atoms with van der Waals surface area (Å²) in [6.45, 7) is 5.72. The highest BCUT2D eigenvalue weighted by Gasteiger charge is 2.53. The van der Waals surface area contributed by atoms with E-state index in [4.69, 9.17) is 23.7 Å². The molecule has 3 aliphatic rings. The molecule has 160 valence electrons. The Hall–Kier alpha value is -3.17. The predicted molar refractivity (Wildman–Crippen MR) is 91.8 cm³/mol. The summed E-state index contributed by atoms with van der Waals surface area (Å²) >= 11 is 0. The van der Waals surface area contributed by atoms with Crippen molar-refractivity contribution < 1.29 is 46.4 Å². The van der Waals surface area contributed by atoms with Gasteiger partial charge in [0, 0.05) is 27.7 Å². The molecule has 0 atom stereocenters. The highest BCUT2D eigenvalue weighted by molar-refractivity contribution is 6.00. The number of ether oxygens (including phenoxy) is 5. The Kier molecular flexibility index (Phi) is 4.13. The molecule has 7 nitrogen and oxygen atoms in total. The topological polar surface area (TPSA) is 80.3 Å². The van der Waals surface area contributed by atoms with E-state index >= 15 is 0 Å². The van der Waals surface area contributed by atoms with Gasteiger partial charge in [0.05, 0.1) is 11.5 Å². The molecular weight excluding hydrogens is 409 g/mol. The smallest absolute Gasteiger partial charge is 0.416 e. The van der Waals surface area contributed by atoms with E-state index in [1.54, 1.807) is 0 Å². The summed E-state index contributed by atoms with van der Waals surface area (Å²) < 4.78 is 68.2. The average Bonchev–Trinajstić information content (AvgIpc) is 2.57. The highest BCUT2D eigenvalue weighted by atomic mass is 19.4. The number of halogens is 3. The molecule has 0 amide bonds. The number of carbonyl (C=O) groups excluding carboxylic acids is 2. The lowest BCUT2D eigenvalue weighted by atomic mass is 9.80. The number of alkyl halides is 3. The first-order chi connectivity index (χ1) is 13.8. The van der Waals surface area contributed by atoms with Crippen LogP contribution in [0.5, 0.6) is 0 Å². The Balaban J connectivity index is 1.98. The van der Waals surface area contributed by atoms with Crippen LogP contribution in [0.25, 0.3) is 0 Å². The van der Waals surface area contributed by atoms with Crippen molar-refractivity contribution in [1.82, 2.24) is 0 Å². The Morgan fingerprint density at radius 2 is 1.27 bits per heavy atom. The van der Waals surface area contributed by atoms with Crippen molar-refractivity contribution in [2.75, 3.05) is 0 Å². The number of benzene rings is 1. The standard InChI is InChI=1S/C20H17F3O7/c1-18(2)27-14(24)12-11(9-7-5-6-8-10(9)20(21,22)23)13-15(25)28-19(3,4)30-17(13)26-16(12)29-18/h5-8,11H,1-4H3. The van der Waals surface area contributed by atoms with Crippen molar-refractivity contribution >= 4 is 11.9 Å². The van der Waals surface area contributed by atoms with Crippen LogP contribution in [0.2, 0.25) is 0 Å². The van der Waals surface area contributed by atoms with Crippen molar-refractivity contribution in [1.29, 1.82) is 0 Å².